The van der Waals surface area contributed by atoms with Gasteiger partial charge in [0.2, 0.25) is 0 Å². The van der Waals surface area contributed by atoms with Crippen molar-refractivity contribution >= 4 is 21.3 Å². The maximum atomic E-state index is 12.8. The van der Waals surface area contributed by atoms with Crippen LogP contribution in [-0.4, -0.2) is 51.8 Å². The Labute approximate surface area is 154 Å². The SMILES string of the molecule is CC(C)(C)c1nnc2ccc(N3CCS(=O)(=O)C4(CCCCC4)C3)nn12. The fourth-order valence-electron chi connectivity index (χ4n) is 4.25. The molecule has 1 aliphatic carbocycles. The van der Waals surface area contributed by atoms with Crippen molar-refractivity contribution in [3.8, 4) is 0 Å². The maximum absolute atomic E-state index is 12.8. The lowest BCUT2D eigenvalue weighted by molar-refractivity contribution is 0.362. The number of sulfone groups is 1. The number of fused-ring (bicyclic) bond motifs is 1. The van der Waals surface area contributed by atoms with Gasteiger partial charge in [0.25, 0.3) is 0 Å². The first kappa shape index (κ1) is 17.7. The van der Waals surface area contributed by atoms with Gasteiger partial charge in [0.15, 0.2) is 21.3 Å². The normalized spacial score (nSPS) is 22.8. The Morgan fingerprint density at radius 1 is 1.08 bits per heavy atom. The molecule has 2 aliphatic rings. The summed E-state index contributed by atoms with van der Waals surface area (Å²) in [5.74, 6) is 1.83. The van der Waals surface area contributed by atoms with E-state index in [1.807, 2.05) is 12.1 Å². The fourth-order valence-corrected chi connectivity index (χ4v) is 6.41. The van der Waals surface area contributed by atoms with E-state index >= 15 is 0 Å². The van der Waals surface area contributed by atoms with Crippen LogP contribution in [0.2, 0.25) is 0 Å². The lowest BCUT2D eigenvalue weighted by Crippen LogP contribution is -2.57. The number of nitrogens with zero attached hydrogens (tertiary/aromatic N) is 5. The Balaban J connectivity index is 1.71. The van der Waals surface area contributed by atoms with E-state index in [9.17, 15) is 8.42 Å². The first-order valence-electron chi connectivity index (χ1n) is 9.42. The molecule has 0 bridgehead atoms. The van der Waals surface area contributed by atoms with Crippen LogP contribution in [0.25, 0.3) is 5.65 Å². The molecule has 0 radical (unpaired) electrons. The second-order valence-electron chi connectivity index (χ2n) is 8.72. The van der Waals surface area contributed by atoms with E-state index in [4.69, 9.17) is 5.10 Å². The van der Waals surface area contributed by atoms with Crippen molar-refractivity contribution < 1.29 is 8.42 Å². The molecule has 7 nitrogen and oxygen atoms in total. The molecule has 0 amide bonds. The van der Waals surface area contributed by atoms with E-state index in [2.05, 4.69) is 35.9 Å². The number of rotatable bonds is 1. The van der Waals surface area contributed by atoms with Crippen molar-refractivity contribution in [1.29, 1.82) is 0 Å². The van der Waals surface area contributed by atoms with Crippen LogP contribution in [0, 0.1) is 0 Å². The van der Waals surface area contributed by atoms with Gasteiger partial charge in [-0.25, -0.2) is 8.42 Å². The molecule has 8 heteroatoms. The molecular formula is C18H27N5O2S. The van der Waals surface area contributed by atoms with Gasteiger partial charge in [0.05, 0.1) is 10.5 Å². The quantitative estimate of drug-likeness (QED) is 0.759. The van der Waals surface area contributed by atoms with Gasteiger partial charge < -0.3 is 4.90 Å². The highest BCUT2D eigenvalue weighted by Crippen LogP contribution is 2.39. The molecule has 1 aliphatic heterocycles. The minimum atomic E-state index is -3.05. The Morgan fingerprint density at radius 2 is 1.81 bits per heavy atom. The molecule has 142 valence electrons. The highest BCUT2D eigenvalue weighted by atomic mass is 32.2. The van der Waals surface area contributed by atoms with Crippen LogP contribution in [-0.2, 0) is 15.3 Å². The largest absolute Gasteiger partial charge is 0.353 e. The summed E-state index contributed by atoms with van der Waals surface area (Å²) in [5, 5.41) is 13.3. The van der Waals surface area contributed by atoms with Crippen molar-refractivity contribution in [2.45, 2.75) is 63.0 Å². The zero-order chi connectivity index (χ0) is 18.6. The Bertz CT molecular complexity index is 923. The van der Waals surface area contributed by atoms with Crippen LogP contribution >= 0.6 is 0 Å². The smallest absolute Gasteiger partial charge is 0.178 e. The average Bonchev–Trinajstić information content (AvgIpc) is 3.02. The number of anilines is 1. The van der Waals surface area contributed by atoms with Crippen molar-refractivity contribution in [2.24, 2.45) is 0 Å². The molecule has 0 N–H and O–H groups in total. The molecule has 2 fully saturated rings. The third kappa shape index (κ3) is 2.78. The molecule has 0 aromatic carbocycles. The zero-order valence-corrected chi connectivity index (χ0v) is 16.6. The van der Waals surface area contributed by atoms with Gasteiger partial charge in [-0.2, -0.15) is 4.52 Å². The predicted octanol–water partition coefficient (Wildman–Crippen LogP) is 2.36. The molecule has 3 heterocycles. The number of aromatic nitrogens is 4. The van der Waals surface area contributed by atoms with Gasteiger partial charge in [0.1, 0.15) is 5.82 Å². The van der Waals surface area contributed by atoms with Crippen molar-refractivity contribution in [3.05, 3.63) is 18.0 Å². The van der Waals surface area contributed by atoms with Crippen LogP contribution < -0.4 is 4.90 Å². The van der Waals surface area contributed by atoms with Gasteiger partial charge in [-0.15, -0.1) is 15.3 Å². The average molecular weight is 378 g/mol. The summed E-state index contributed by atoms with van der Waals surface area (Å²) in [5.41, 5.74) is 0.552. The molecule has 1 saturated heterocycles. The van der Waals surface area contributed by atoms with Gasteiger partial charge in [-0.05, 0) is 25.0 Å². The zero-order valence-electron chi connectivity index (χ0n) is 15.8. The predicted molar refractivity (Wildman–Crippen MR) is 101 cm³/mol. The first-order valence-corrected chi connectivity index (χ1v) is 11.1. The summed E-state index contributed by atoms with van der Waals surface area (Å²) >= 11 is 0. The third-order valence-corrected chi connectivity index (χ3v) is 8.35. The molecule has 2 aromatic rings. The monoisotopic (exact) mass is 377 g/mol. The highest BCUT2D eigenvalue weighted by Gasteiger charge is 2.48. The van der Waals surface area contributed by atoms with Crippen LogP contribution in [0.15, 0.2) is 12.1 Å². The van der Waals surface area contributed by atoms with Crippen molar-refractivity contribution in [3.63, 3.8) is 0 Å². The topological polar surface area (TPSA) is 80.5 Å². The summed E-state index contributed by atoms with van der Waals surface area (Å²) in [4.78, 5) is 2.14. The fraction of sp³-hybridized carbons (Fsp3) is 0.722. The van der Waals surface area contributed by atoms with Crippen LogP contribution in [0.3, 0.4) is 0 Å². The van der Waals surface area contributed by atoms with E-state index in [-0.39, 0.29) is 11.2 Å². The standard InChI is InChI=1S/C18H27N5O2S/c1-17(2,3)16-20-19-14-7-8-15(21-23(14)16)22-11-12-26(24,25)18(13-22)9-5-4-6-10-18/h7-8H,4-6,9-13H2,1-3H3. The Hall–Kier alpha value is -1.70. The van der Waals surface area contributed by atoms with Crippen molar-refractivity contribution in [1.82, 2.24) is 19.8 Å². The minimum Gasteiger partial charge on any atom is -0.353 e. The van der Waals surface area contributed by atoms with Crippen LogP contribution in [0.5, 0.6) is 0 Å². The first-order chi connectivity index (χ1) is 12.2. The molecular weight excluding hydrogens is 350 g/mol. The molecule has 2 aromatic heterocycles. The van der Waals surface area contributed by atoms with E-state index in [0.717, 1.165) is 49.4 Å². The molecule has 26 heavy (non-hydrogen) atoms. The van der Waals surface area contributed by atoms with E-state index in [1.165, 1.54) is 0 Å². The van der Waals surface area contributed by atoms with E-state index in [1.54, 1.807) is 4.52 Å². The highest BCUT2D eigenvalue weighted by molar-refractivity contribution is 7.92. The number of hydrogen-bond acceptors (Lipinski definition) is 6. The second kappa shape index (κ2) is 5.90. The van der Waals surface area contributed by atoms with Gasteiger partial charge in [-0.1, -0.05) is 40.0 Å². The lowest BCUT2D eigenvalue weighted by atomic mass is 9.87. The summed E-state index contributed by atoms with van der Waals surface area (Å²) in [7, 11) is -3.05. The summed E-state index contributed by atoms with van der Waals surface area (Å²) < 4.78 is 26.8. The third-order valence-electron chi connectivity index (χ3n) is 5.78. The Kier molecular flexibility index (Phi) is 4.02. The van der Waals surface area contributed by atoms with Crippen LogP contribution in [0.1, 0.15) is 58.7 Å². The summed E-state index contributed by atoms with van der Waals surface area (Å²) in [6.07, 6.45) is 4.68. The molecule has 1 saturated carbocycles. The molecule has 0 atom stereocenters. The molecule has 0 unspecified atom stereocenters. The summed E-state index contributed by atoms with van der Waals surface area (Å²) in [6.45, 7) is 7.29. The van der Waals surface area contributed by atoms with Gasteiger partial charge in [-0.3, -0.25) is 0 Å². The van der Waals surface area contributed by atoms with E-state index in [0.29, 0.717) is 13.1 Å². The Morgan fingerprint density at radius 3 is 2.50 bits per heavy atom. The van der Waals surface area contributed by atoms with Gasteiger partial charge >= 0.3 is 0 Å². The number of hydrogen-bond donors (Lipinski definition) is 0. The van der Waals surface area contributed by atoms with Crippen LogP contribution in [0.4, 0.5) is 5.82 Å². The molecule has 1 spiro atoms. The summed E-state index contributed by atoms with van der Waals surface area (Å²) in [6, 6.07) is 3.85. The molecule has 4 rings (SSSR count). The van der Waals surface area contributed by atoms with Gasteiger partial charge in [0, 0.05) is 18.5 Å². The lowest BCUT2D eigenvalue weighted by Gasteiger charge is -2.44. The minimum absolute atomic E-state index is 0.166. The maximum Gasteiger partial charge on any atom is 0.178 e. The van der Waals surface area contributed by atoms with Crippen molar-refractivity contribution in [2.75, 3.05) is 23.7 Å². The second-order valence-corrected chi connectivity index (χ2v) is 11.2. The van der Waals surface area contributed by atoms with E-state index < -0.39 is 14.6 Å².